The fourth-order valence-electron chi connectivity index (χ4n) is 2.48. The Kier molecular flexibility index (Phi) is 5.87. The summed E-state index contributed by atoms with van der Waals surface area (Å²) in [6.45, 7) is 13.3. The molecule has 1 aliphatic rings. The first-order valence-electron chi connectivity index (χ1n) is 7.15. The summed E-state index contributed by atoms with van der Waals surface area (Å²) < 4.78 is 0. The first kappa shape index (κ1) is 15.2. The highest BCUT2D eigenvalue weighted by Gasteiger charge is 2.30. The average molecular weight is 260 g/mol. The highest BCUT2D eigenvalue weighted by molar-refractivity contribution is 6.78. The number of rotatable bonds is 1. The lowest BCUT2D eigenvalue weighted by molar-refractivity contribution is 0.635. The molecule has 0 spiro atoms. The zero-order valence-corrected chi connectivity index (χ0v) is 13.5. The Morgan fingerprint density at radius 1 is 1.22 bits per heavy atom. The van der Waals surface area contributed by atoms with Crippen molar-refractivity contribution in [3.63, 3.8) is 0 Å². The van der Waals surface area contributed by atoms with Gasteiger partial charge in [-0.25, -0.2) is 0 Å². The molecular weight excluding hydrogens is 232 g/mol. The molecule has 1 unspecified atom stereocenters. The van der Waals surface area contributed by atoms with Crippen molar-refractivity contribution >= 4 is 14.1 Å². The molecule has 1 saturated heterocycles. The lowest BCUT2D eigenvalue weighted by Gasteiger charge is -2.34. The fourth-order valence-corrected chi connectivity index (χ4v) is 5.12. The molecule has 0 radical (unpaired) electrons. The summed E-state index contributed by atoms with van der Waals surface area (Å²) in [6.07, 6.45) is 6.40. The molecule has 100 valence electrons. The predicted octanol–water partition coefficient (Wildman–Crippen LogP) is 5.91. The van der Waals surface area contributed by atoms with Crippen LogP contribution in [0.3, 0.4) is 0 Å². The number of aryl methyl sites for hydroxylation is 1. The molecule has 1 aliphatic heterocycles. The highest BCUT2D eigenvalue weighted by Crippen LogP contribution is 2.36. The Balaban J connectivity index is 0.000000180. The summed E-state index contributed by atoms with van der Waals surface area (Å²) in [7, 11) is -0.694. The summed E-state index contributed by atoms with van der Waals surface area (Å²) in [5.41, 5.74) is 3.59. The van der Waals surface area contributed by atoms with Crippen LogP contribution in [0.5, 0.6) is 0 Å². The maximum Gasteiger partial charge on any atom is 0.0502 e. The third-order valence-electron chi connectivity index (χ3n) is 4.45. The molecular formula is C17H28Si. The SMILES string of the molecule is C=Cc1ccccc1C.CC1CCCC[Si]1(C)C. The number of hydrogen-bond acceptors (Lipinski definition) is 0. The molecule has 0 amide bonds. The zero-order chi connectivity index (χ0) is 13.6. The van der Waals surface area contributed by atoms with E-state index in [9.17, 15) is 0 Å². The molecule has 0 bridgehead atoms. The van der Waals surface area contributed by atoms with E-state index in [1.54, 1.807) is 6.04 Å². The molecule has 0 nitrogen and oxygen atoms in total. The van der Waals surface area contributed by atoms with Crippen molar-refractivity contribution in [3.05, 3.63) is 42.0 Å². The van der Waals surface area contributed by atoms with Crippen LogP contribution in [-0.2, 0) is 0 Å². The Bertz CT molecular complexity index is 379. The van der Waals surface area contributed by atoms with E-state index in [1.807, 2.05) is 18.2 Å². The standard InChI is InChI=1S/C9H10.C8H18Si/c1-3-9-7-5-4-6-8(9)2;1-8-6-4-5-7-9(8,2)3/h3-7H,1H2,2H3;8H,4-7H2,1-3H3. The van der Waals surface area contributed by atoms with Crippen molar-refractivity contribution in [2.24, 2.45) is 0 Å². The fraction of sp³-hybridized carbons (Fsp3) is 0.529. The molecule has 1 atom stereocenters. The van der Waals surface area contributed by atoms with E-state index in [0.717, 1.165) is 5.54 Å². The van der Waals surface area contributed by atoms with Crippen LogP contribution in [0.1, 0.15) is 37.3 Å². The van der Waals surface area contributed by atoms with Gasteiger partial charge in [-0.1, -0.05) is 82.2 Å². The first-order chi connectivity index (χ1) is 8.47. The Morgan fingerprint density at radius 2 is 1.89 bits per heavy atom. The summed E-state index contributed by atoms with van der Waals surface area (Å²) >= 11 is 0. The van der Waals surface area contributed by atoms with Gasteiger partial charge >= 0.3 is 0 Å². The Labute approximate surface area is 114 Å². The summed E-state index contributed by atoms with van der Waals surface area (Å²) in [5, 5.41) is 0. The molecule has 1 heterocycles. The van der Waals surface area contributed by atoms with E-state index >= 15 is 0 Å². The van der Waals surface area contributed by atoms with Crippen LogP contribution < -0.4 is 0 Å². The average Bonchev–Trinajstić information content (AvgIpc) is 2.34. The van der Waals surface area contributed by atoms with Crippen molar-refractivity contribution < 1.29 is 0 Å². The van der Waals surface area contributed by atoms with Crippen LogP contribution in [0.25, 0.3) is 6.08 Å². The van der Waals surface area contributed by atoms with Gasteiger partial charge in [0.2, 0.25) is 0 Å². The van der Waals surface area contributed by atoms with E-state index in [0.29, 0.717) is 0 Å². The second-order valence-corrected chi connectivity index (χ2v) is 11.7. The molecule has 0 saturated carbocycles. The van der Waals surface area contributed by atoms with Gasteiger partial charge in [-0.05, 0) is 23.6 Å². The maximum absolute atomic E-state index is 3.69. The van der Waals surface area contributed by atoms with Crippen LogP contribution in [0.2, 0.25) is 24.7 Å². The van der Waals surface area contributed by atoms with Gasteiger partial charge in [0.05, 0.1) is 8.07 Å². The maximum atomic E-state index is 3.69. The Hall–Kier alpha value is -0.823. The lowest BCUT2D eigenvalue weighted by Crippen LogP contribution is -2.33. The van der Waals surface area contributed by atoms with Gasteiger partial charge in [-0.2, -0.15) is 0 Å². The van der Waals surface area contributed by atoms with E-state index in [2.05, 4.69) is 45.7 Å². The van der Waals surface area contributed by atoms with Gasteiger partial charge in [0.15, 0.2) is 0 Å². The van der Waals surface area contributed by atoms with Gasteiger partial charge in [0.1, 0.15) is 0 Å². The largest absolute Gasteiger partial charge is 0.0985 e. The first-order valence-corrected chi connectivity index (χ1v) is 10.4. The minimum absolute atomic E-state index is 0.694. The molecule has 18 heavy (non-hydrogen) atoms. The van der Waals surface area contributed by atoms with Crippen molar-refractivity contribution in [3.8, 4) is 0 Å². The third-order valence-corrected chi connectivity index (χ3v) is 9.05. The topological polar surface area (TPSA) is 0 Å². The quantitative estimate of drug-likeness (QED) is 0.551. The van der Waals surface area contributed by atoms with Crippen LogP contribution >= 0.6 is 0 Å². The van der Waals surface area contributed by atoms with Gasteiger partial charge in [0, 0.05) is 0 Å². The van der Waals surface area contributed by atoms with Crippen molar-refractivity contribution in [2.45, 2.75) is 57.8 Å². The molecule has 1 fully saturated rings. The monoisotopic (exact) mass is 260 g/mol. The van der Waals surface area contributed by atoms with Crippen molar-refractivity contribution in [1.29, 1.82) is 0 Å². The second kappa shape index (κ2) is 6.94. The van der Waals surface area contributed by atoms with Gasteiger partial charge in [-0.3, -0.25) is 0 Å². The number of hydrogen-bond donors (Lipinski definition) is 0. The van der Waals surface area contributed by atoms with E-state index < -0.39 is 8.07 Å². The smallest absolute Gasteiger partial charge is 0.0502 e. The minimum Gasteiger partial charge on any atom is -0.0985 e. The van der Waals surface area contributed by atoms with Gasteiger partial charge in [0.25, 0.3) is 0 Å². The van der Waals surface area contributed by atoms with E-state index in [4.69, 9.17) is 0 Å². The van der Waals surface area contributed by atoms with Crippen LogP contribution in [0, 0.1) is 6.92 Å². The molecule has 0 N–H and O–H groups in total. The van der Waals surface area contributed by atoms with Crippen LogP contribution in [-0.4, -0.2) is 8.07 Å². The lowest BCUT2D eigenvalue weighted by atomic mass is 10.1. The summed E-state index contributed by atoms with van der Waals surface area (Å²) in [6, 6.07) is 9.76. The minimum atomic E-state index is -0.694. The third kappa shape index (κ3) is 4.45. The molecule has 1 heteroatoms. The van der Waals surface area contributed by atoms with Crippen molar-refractivity contribution in [2.75, 3.05) is 0 Å². The van der Waals surface area contributed by atoms with E-state index in [-0.39, 0.29) is 0 Å². The second-order valence-electron chi connectivity index (χ2n) is 6.20. The summed E-state index contributed by atoms with van der Waals surface area (Å²) in [5.74, 6) is 0. The number of benzene rings is 1. The molecule has 0 aliphatic carbocycles. The van der Waals surface area contributed by atoms with Crippen LogP contribution in [0.15, 0.2) is 30.8 Å². The van der Waals surface area contributed by atoms with Crippen LogP contribution in [0.4, 0.5) is 0 Å². The van der Waals surface area contributed by atoms with Gasteiger partial charge in [-0.15, -0.1) is 0 Å². The Morgan fingerprint density at radius 3 is 2.28 bits per heavy atom. The summed E-state index contributed by atoms with van der Waals surface area (Å²) in [4.78, 5) is 0. The highest BCUT2D eigenvalue weighted by atomic mass is 28.3. The molecule has 1 aromatic rings. The predicted molar refractivity (Wildman–Crippen MR) is 86.8 cm³/mol. The zero-order valence-electron chi connectivity index (χ0n) is 12.5. The van der Waals surface area contributed by atoms with E-state index in [1.165, 1.54) is 30.4 Å². The van der Waals surface area contributed by atoms with Crippen molar-refractivity contribution in [1.82, 2.24) is 0 Å². The van der Waals surface area contributed by atoms with Gasteiger partial charge < -0.3 is 0 Å². The molecule has 2 rings (SSSR count). The molecule has 0 aromatic heterocycles. The molecule has 1 aromatic carbocycles. The normalized spacial score (nSPS) is 21.7.